The van der Waals surface area contributed by atoms with Gasteiger partial charge in [0, 0.05) is 24.8 Å². The Labute approximate surface area is 140 Å². The average molecular weight is 327 g/mol. The first kappa shape index (κ1) is 15.1. The molecule has 1 aliphatic carbocycles. The van der Waals surface area contributed by atoms with Crippen LogP contribution in [-0.4, -0.2) is 51.5 Å². The summed E-state index contributed by atoms with van der Waals surface area (Å²) in [5.41, 5.74) is 1.64. The summed E-state index contributed by atoms with van der Waals surface area (Å²) in [4.78, 5) is 18.9. The molecule has 2 amide bonds. The first-order valence-electron chi connectivity index (χ1n) is 8.32. The summed E-state index contributed by atoms with van der Waals surface area (Å²) in [7, 11) is 1.83. The van der Waals surface area contributed by atoms with E-state index in [2.05, 4.69) is 15.4 Å². The van der Waals surface area contributed by atoms with Gasteiger partial charge in [0.05, 0.1) is 19.3 Å². The van der Waals surface area contributed by atoms with Gasteiger partial charge >= 0.3 is 6.03 Å². The number of hydrogen-bond donors (Lipinski definition) is 1. The highest BCUT2D eigenvalue weighted by atomic mass is 16.5. The molecule has 0 spiro atoms. The number of aromatic nitrogens is 3. The fourth-order valence-electron chi connectivity index (χ4n) is 3.15. The Balaban J connectivity index is 1.49. The number of rotatable bonds is 3. The van der Waals surface area contributed by atoms with Crippen molar-refractivity contribution >= 4 is 11.7 Å². The molecule has 7 heteroatoms. The third-order valence-corrected chi connectivity index (χ3v) is 4.56. The molecule has 0 radical (unpaired) electrons. The van der Waals surface area contributed by atoms with Crippen molar-refractivity contribution < 1.29 is 9.53 Å². The maximum atomic E-state index is 12.7. The second kappa shape index (κ2) is 6.24. The van der Waals surface area contributed by atoms with Gasteiger partial charge in [0.2, 0.25) is 0 Å². The van der Waals surface area contributed by atoms with Crippen molar-refractivity contribution in [2.75, 3.05) is 25.1 Å². The molecule has 126 valence electrons. The molecular formula is C17H21N5O2. The van der Waals surface area contributed by atoms with Crippen LogP contribution in [0.15, 0.2) is 30.6 Å². The van der Waals surface area contributed by atoms with E-state index >= 15 is 0 Å². The Morgan fingerprint density at radius 1 is 1.38 bits per heavy atom. The fraction of sp³-hybridized carbons (Fsp3) is 0.471. The molecule has 1 N–H and O–H groups in total. The molecule has 1 aliphatic heterocycles. The van der Waals surface area contributed by atoms with Gasteiger partial charge in [0.25, 0.3) is 0 Å². The second-order valence-electron chi connectivity index (χ2n) is 6.43. The number of carbonyl (C=O) groups is 1. The average Bonchev–Trinajstić information content (AvgIpc) is 3.36. The normalized spacial score (nSPS) is 20.9. The van der Waals surface area contributed by atoms with Gasteiger partial charge in [-0.15, -0.1) is 0 Å². The zero-order chi connectivity index (χ0) is 16.5. The van der Waals surface area contributed by atoms with Gasteiger partial charge in [-0.05, 0) is 30.9 Å². The monoisotopic (exact) mass is 327 g/mol. The van der Waals surface area contributed by atoms with Crippen molar-refractivity contribution in [3.63, 3.8) is 0 Å². The topological polar surface area (TPSA) is 72.3 Å². The van der Waals surface area contributed by atoms with E-state index < -0.39 is 0 Å². The Morgan fingerprint density at radius 3 is 3.00 bits per heavy atom. The van der Waals surface area contributed by atoms with E-state index in [4.69, 9.17) is 4.74 Å². The molecule has 2 heterocycles. The number of hydrogen-bond acceptors (Lipinski definition) is 4. The largest absolute Gasteiger partial charge is 0.377 e. The van der Waals surface area contributed by atoms with Crippen molar-refractivity contribution in [3.8, 4) is 11.4 Å². The van der Waals surface area contributed by atoms with Crippen molar-refractivity contribution in [1.29, 1.82) is 0 Å². The van der Waals surface area contributed by atoms with Gasteiger partial charge in [-0.3, -0.25) is 4.68 Å². The number of amides is 2. The van der Waals surface area contributed by atoms with Crippen LogP contribution in [0.3, 0.4) is 0 Å². The fourth-order valence-corrected chi connectivity index (χ4v) is 3.15. The molecule has 1 saturated carbocycles. The van der Waals surface area contributed by atoms with Crippen LogP contribution in [0, 0.1) is 5.92 Å². The zero-order valence-electron chi connectivity index (χ0n) is 13.7. The molecule has 4 rings (SSSR count). The number of carbonyl (C=O) groups excluding carboxylic acids is 1. The standard InChI is InChI=1S/C17H21N5O2/c1-21-11-18-16(20-21)13-3-2-4-14(9-13)19-17(23)22-7-8-24-10-15(22)12-5-6-12/h2-4,9,11-12,15H,5-8,10H2,1H3,(H,19,23). The summed E-state index contributed by atoms with van der Waals surface area (Å²) in [6, 6.07) is 7.78. The van der Waals surface area contributed by atoms with E-state index in [1.807, 2.05) is 36.2 Å². The lowest BCUT2D eigenvalue weighted by molar-refractivity contribution is 0.00773. The molecule has 1 atom stereocenters. The van der Waals surface area contributed by atoms with Gasteiger partial charge in [0.15, 0.2) is 5.82 Å². The first-order valence-corrected chi connectivity index (χ1v) is 8.32. The highest BCUT2D eigenvalue weighted by Gasteiger charge is 2.39. The van der Waals surface area contributed by atoms with Crippen LogP contribution in [0.2, 0.25) is 0 Å². The number of urea groups is 1. The molecule has 24 heavy (non-hydrogen) atoms. The number of ether oxygens (including phenoxy) is 1. The van der Waals surface area contributed by atoms with Crippen LogP contribution >= 0.6 is 0 Å². The first-order chi connectivity index (χ1) is 11.7. The van der Waals surface area contributed by atoms with E-state index in [-0.39, 0.29) is 12.1 Å². The summed E-state index contributed by atoms with van der Waals surface area (Å²) < 4.78 is 7.21. The summed E-state index contributed by atoms with van der Waals surface area (Å²) in [6.45, 7) is 1.90. The molecule has 1 saturated heterocycles. The van der Waals surface area contributed by atoms with E-state index in [9.17, 15) is 4.79 Å². The summed E-state index contributed by atoms with van der Waals surface area (Å²) in [6.07, 6.45) is 4.05. The Morgan fingerprint density at radius 2 is 2.25 bits per heavy atom. The quantitative estimate of drug-likeness (QED) is 0.937. The van der Waals surface area contributed by atoms with Crippen LogP contribution in [0.25, 0.3) is 11.4 Å². The third kappa shape index (κ3) is 3.12. The Kier molecular flexibility index (Phi) is 3.93. The number of nitrogens with one attached hydrogen (secondary N) is 1. The maximum Gasteiger partial charge on any atom is 0.322 e. The number of aryl methyl sites for hydroxylation is 1. The summed E-state index contributed by atoms with van der Waals surface area (Å²) >= 11 is 0. The lowest BCUT2D eigenvalue weighted by Crippen LogP contribution is -2.51. The third-order valence-electron chi connectivity index (χ3n) is 4.56. The van der Waals surface area contributed by atoms with Gasteiger partial charge in [-0.25, -0.2) is 9.78 Å². The highest BCUT2D eigenvalue weighted by Crippen LogP contribution is 2.36. The Hall–Kier alpha value is -2.41. The molecule has 2 fully saturated rings. The molecule has 1 aromatic heterocycles. The van der Waals surface area contributed by atoms with E-state index in [1.165, 1.54) is 12.8 Å². The molecular weight excluding hydrogens is 306 g/mol. The molecule has 0 bridgehead atoms. The van der Waals surface area contributed by atoms with Crippen molar-refractivity contribution in [2.45, 2.75) is 18.9 Å². The van der Waals surface area contributed by atoms with Gasteiger partial charge in [-0.2, -0.15) is 5.10 Å². The number of benzene rings is 1. The number of nitrogens with zero attached hydrogens (tertiary/aromatic N) is 4. The van der Waals surface area contributed by atoms with Crippen LogP contribution in [0.5, 0.6) is 0 Å². The van der Waals surface area contributed by atoms with Crippen molar-refractivity contribution in [2.24, 2.45) is 13.0 Å². The molecule has 1 aromatic carbocycles. The number of anilines is 1. The minimum atomic E-state index is -0.0543. The van der Waals surface area contributed by atoms with E-state index in [0.29, 0.717) is 31.5 Å². The summed E-state index contributed by atoms with van der Waals surface area (Å²) in [5.74, 6) is 1.25. The van der Waals surface area contributed by atoms with Crippen LogP contribution in [0.4, 0.5) is 10.5 Å². The summed E-state index contributed by atoms with van der Waals surface area (Å²) in [5, 5.41) is 7.31. The predicted molar refractivity (Wildman–Crippen MR) is 89.5 cm³/mol. The molecule has 2 aliphatic rings. The van der Waals surface area contributed by atoms with E-state index in [1.54, 1.807) is 11.0 Å². The lowest BCUT2D eigenvalue weighted by atomic mass is 10.1. The van der Waals surface area contributed by atoms with Gasteiger partial charge in [-0.1, -0.05) is 12.1 Å². The van der Waals surface area contributed by atoms with Crippen LogP contribution in [0.1, 0.15) is 12.8 Å². The highest BCUT2D eigenvalue weighted by molar-refractivity contribution is 5.90. The smallest absolute Gasteiger partial charge is 0.322 e. The molecule has 2 aromatic rings. The second-order valence-corrected chi connectivity index (χ2v) is 6.43. The molecule has 7 nitrogen and oxygen atoms in total. The minimum absolute atomic E-state index is 0.0543. The van der Waals surface area contributed by atoms with E-state index in [0.717, 1.165) is 11.3 Å². The number of morpholine rings is 1. The van der Waals surface area contributed by atoms with Crippen LogP contribution < -0.4 is 5.32 Å². The van der Waals surface area contributed by atoms with Crippen molar-refractivity contribution in [3.05, 3.63) is 30.6 Å². The van der Waals surface area contributed by atoms with Gasteiger partial charge in [0.1, 0.15) is 6.33 Å². The molecule has 1 unspecified atom stereocenters. The van der Waals surface area contributed by atoms with Crippen molar-refractivity contribution in [1.82, 2.24) is 19.7 Å². The predicted octanol–water partition coefficient (Wildman–Crippen LogP) is 2.12. The maximum absolute atomic E-state index is 12.7. The SMILES string of the molecule is Cn1cnc(-c2cccc(NC(=O)N3CCOCC3C3CC3)c2)n1. The lowest BCUT2D eigenvalue weighted by Gasteiger charge is -2.35. The zero-order valence-corrected chi connectivity index (χ0v) is 13.7. The van der Waals surface area contributed by atoms with Crippen LogP contribution in [-0.2, 0) is 11.8 Å². The minimum Gasteiger partial charge on any atom is -0.377 e. The van der Waals surface area contributed by atoms with Gasteiger partial charge < -0.3 is 15.0 Å². The Bertz CT molecular complexity index is 740.